The Balaban J connectivity index is 2.15. The topological polar surface area (TPSA) is 58.6 Å². The third-order valence-corrected chi connectivity index (χ3v) is 3.09. The Labute approximate surface area is 122 Å². The zero-order valence-electron chi connectivity index (χ0n) is 10.8. The van der Waals surface area contributed by atoms with Crippen LogP contribution < -0.4 is 5.32 Å². The molecule has 0 saturated heterocycles. The van der Waals surface area contributed by atoms with Crippen LogP contribution in [0.15, 0.2) is 48.5 Å². The molecule has 0 aliphatic heterocycles. The van der Waals surface area contributed by atoms with E-state index in [4.69, 9.17) is 16.3 Å². The fourth-order valence-corrected chi connectivity index (χ4v) is 2.00. The second-order valence-electron chi connectivity index (χ2n) is 4.18. The first kappa shape index (κ1) is 14.4. The molecule has 0 aliphatic carbocycles. The van der Waals surface area contributed by atoms with Crippen molar-refractivity contribution >= 4 is 23.2 Å². The normalized spacial score (nSPS) is 11.9. The molecule has 0 aromatic heterocycles. The van der Waals surface area contributed by atoms with Gasteiger partial charge in [0.2, 0.25) is 0 Å². The number of phenols is 1. The lowest BCUT2D eigenvalue weighted by Gasteiger charge is -2.15. The van der Waals surface area contributed by atoms with E-state index in [-0.39, 0.29) is 16.7 Å². The summed E-state index contributed by atoms with van der Waals surface area (Å²) in [6.07, 6.45) is -0.705. The first-order chi connectivity index (χ1) is 9.61. The molecule has 2 aromatic carbocycles. The molecule has 104 valence electrons. The SMILES string of the molecule is COC(C(=O)Nc1ccc(O)c(Cl)c1)c1ccccc1. The minimum Gasteiger partial charge on any atom is -0.506 e. The van der Waals surface area contributed by atoms with Crippen LogP contribution >= 0.6 is 11.6 Å². The number of halogens is 1. The van der Waals surface area contributed by atoms with Crippen molar-refractivity contribution in [2.75, 3.05) is 12.4 Å². The number of carbonyl (C=O) groups is 1. The van der Waals surface area contributed by atoms with Gasteiger partial charge in [0.25, 0.3) is 5.91 Å². The number of aromatic hydroxyl groups is 1. The highest BCUT2D eigenvalue weighted by molar-refractivity contribution is 6.32. The molecule has 0 radical (unpaired) electrons. The first-order valence-corrected chi connectivity index (χ1v) is 6.36. The number of methoxy groups -OCH3 is 1. The van der Waals surface area contributed by atoms with Gasteiger partial charge in [-0.05, 0) is 23.8 Å². The monoisotopic (exact) mass is 291 g/mol. The summed E-state index contributed by atoms with van der Waals surface area (Å²) in [7, 11) is 1.47. The van der Waals surface area contributed by atoms with Gasteiger partial charge in [-0.1, -0.05) is 41.9 Å². The van der Waals surface area contributed by atoms with Crippen molar-refractivity contribution in [2.45, 2.75) is 6.10 Å². The molecular weight excluding hydrogens is 278 g/mol. The van der Waals surface area contributed by atoms with Crippen LogP contribution in [-0.4, -0.2) is 18.1 Å². The molecule has 1 atom stereocenters. The van der Waals surface area contributed by atoms with Gasteiger partial charge in [-0.15, -0.1) is 0 Å². The molecule has 0 aliphatic rings. The van der Waals surface area contributed by atoms with Gasteiger partial charge in [-0.2, -0.15) is 0 Å². The molecule has 1 unspecified atom stereocenters. The number of hydrogen-bond donors (Lipinski definition) is 2. The third-order valence-electron chi connectivity index (χ3n) is 2.79. The van der Waals surface area contributed by atoms with Gasteiger partial charge in [-0.25, -0.2) is 0 Å². The van der Waals surface area contributed by atoms with E-state index in [1.54, 1.807) is 6.07 Å². The largest absolute Gasteiger partial charge is 0.506 e. The van der Waals surface area contributed by atoms with Crippen LogP contribution in [0.4, 0.5) is 5.69 Å². The van der Waals surface area contributed by atoms with Gasteiger partial charge in [0.05, 0.1) is 5.02 Å². The Morgan fingerprint density at radius 1 is 1.25 bits per heavy atom. The Hall–Kier alpha value is -2.04. The molecular formula is C15H14ClNO3. The third kappa shape index (κ3) is 3.29. The van der Waals surface area contributed by atoms with Crippen molar-refractivity contribution < 1.29 is 14.6 Å². The average molecular weight is 292 g/mol. The molecule has 2 rings (SSSR count). The predicted molar refractivity (Wildman–Crippen MR) is 77.9 cm³/mol. The zero-order valence-corrected chi connectivity index (χ0v) is 11.6. The van der Waals surface area contributed by atoms with Crippen molar-refractivity contribution in [2.24, 2.45) is 0 Å². The minimum absolute atomic E-state index is 0.0315. The van der Waals surface area contributed by atoms with E-state index in [9.17, 15) is 9.90 Å². The van der Waals surface area contributed by atoms with E-state index in [1.165, 1.54) is 19.2 Å². The Morgan fingerprint density at radius 3 is 2.55 bits per heavy atom. The number of benzene rings is 2. The van der Waals surface area contributed by atoms with Crippen LogP contribution in [0.5, 0.6) is 5.75 Å². The molecule has 0 saturated carbocycles. The number of ether oxygens (including phenoxy) is 1. The minimum atomic E-state index is -0.705. The number of nitrogens with one attached hydrogen (secondary N) is 1. The maximum atomic E-state index is 12.2. The van der Waals surface area contributed by atoms with Crippen LogP contribution in [0.25, 0.3) is 0 Å². The summed E-state index contributed by atoms with van der Waals surface area (Å²) in [5, 5.41) is 12.2. The van der Waals surface area contributed by atoms with Crippen molar-refractivity contribution in [1.82, 2.24) is 0 Å². The lowest BCUT2D eigenvalue weighted by Crippen LogP contribution is -2.22. The smallest absolute Gasteiger partial charge is 0.258 e. The van der Waals surface area contributed by atoms with E-state index in [0.29, 0.717) is 5.69 Å². The van der Waals surface area contributed by atoms with Gasteiger partial charge < -0.3 is 15.2 Å². The molecule has 2 N–H and O–H groups in total. The molecule has 4 nitrogen and oxygen atoms in total. The van der Waals surface area contributed by atoms with Gasteiger partial charge in [0, 0.05) is 12.8 Å². The summed E-state index contributed by atoms with van der Waals surface area (Å²) in [6.45, 7) is 0. The van der Waals surface area contributed by atoms with Crippen LogP contribution in [0.2, 0.25) is 5.02 Å². The summed E-state index contributed by atoms with van der Waals surface area (Å²) in [5.41, 5.74) is 1.26. The molecule has 1 amide bonds. The van der Waals surface area contributed by atoms with E-state index in [0.717, 1.165) is 5.56 Å². The van der Waals surface area contributed by atoms with Crippen molar-refractivity contribution in [3.8, 4) is 5.75 Å². The Bertz CT molecular complexity index is 601. The summed E-state index contributed by atoms with van der Waals surface area (Å²) in [6, 6.07) is 13.6. The average Bonchev–Trinajstić information content (AvgIpc) is 2.45. The maximum absolute atomic E-state index is 12.2. The first-order valence-electron chi connectivity index (χ1n) is 5.99. The van der Waals surface area contributed by atoms with E-state index in [2.05, 4.69) is 5.32 Å². The molecule has 0 spiro atoms. The molecule has 0 bridgehead atoms. The van der Waals surface area contributed by atoms with E-state index >= 15 is 0 Å². The van der Waals surface area contributed by atoms with Crippen LogP contribution in [-0.2, 0) is 9.53 Å². The van der Waals surface area contributed by atoms with Gasteiger partial charge in [0.1, 0.15) is 5.75 Å². The molecule has 2 aromatic rings. The number of phenolic OH excluding ortho intramolecular Hbond substituents is 1. The van der Waals surface area contributed by atoms with Gasteiger partial charge in [0.15, 0.2) is 6.10 Å². The number of carbonyl (C=O) groups excluding carboxylic acids is 1. The fourth-order valence-electron chi connectivity index (χ4n) is 1.81. The molecule has 0 fully saturated rings. The van der Waals surface area contributed by atoms with Crippen LogP contribution in [0, 0.1) is 0 Å². The van der Waals surface area contributed by atoms with Crippen molar-refractivity contribution in [1.29, 1.82) is 0 Å². The summed E-state index contributed by atoms with van der Waals surface area (Å²) < 4.78 is 5.23. The highest BCUT2D eigenvalue weighted by Crippen LogP contribution is 2.27. The Kier molecular flexibility index (Phi) is 4.61. The quantitative estimate of drug-likeness (QED) is 0.849. The molecule has 5 heteroatoms. The number of amides is 1. The maximum Gasteiger partial charge on any atom is 0.258 e. The zero-order chi connectivity index (χ0) is 14.5. The van der Waals surface area contributed by atoms with E-state index in [1.807, 2.05) is 30.3 Å². The molecule has 0 heterocycles. The molecule has 20 heavy (non-hydrogen) atoms. The highest BCUT2D eigenvalue weighted by Gasteiger charge is 2.20. The summed E-state index contributed by atoms with van der Waals surface area (Å²) >= 11 is 5.80. The van der Waals surface area contributed by atoms with Crippen LogP contribution in [0.1, 0.15) is 11.7 Å². The highest BCUT2D eigenvalue weighted by atomic mass is 35.5. The van der Waals surface area contributed by atoms with E-state index < -0.39 is 6.10 Å². The number of hydrogen-bond acceptors (Lipinski definition) is 3. The predicted octanol–water partition coefficient (Wildman–Crippen LogP) is 3.37. The number of rotatable bonds is 4. The Morgan fingerprint density at radius 2 is 1.95 bits per heavy atom. The lowest BCUT2D eigenvalue weighted by atomic mass is 10.1. The van der Waals surface area contributed by atoms with Gasteiger partial charge in [-0.3, -0.25) is 4.79 Å². The fraction of sp³-hybridized carbons (Fsp3) is 0.133. The second-order valence-corrected chi connectivity index (χ2v) is 4.59. The van der Waals surface area contributed by atoms with Crippen molar-refractivity contribution in [3.63, 3.8) is 0 Å². The summed E-state index contributed by atoms with van der Waals surface area (Å²) in [4.78, 5) is 12.2. The van der Waals surface area contributed by atoms with Crippen molar-refractivity contribution in [3.05, 3.63) is 59.1 Å². The van der Waals surface area contributed by atoms with Crippen LogP contribution in [0.3, 0.4) is 0 Å². The standard InChI is InChI=1S/C15H14ClNO3/c1-20-14(10-5-3-2-4-6-10)15(19)17-11-7-8-13(18)12(16)9-11/h2-9,14,18H,1H3,(H,17,19). The lowest BCUT2D eigenvalue weighted by molar-refractivity contribution is -0.126. The van der Waals surface area contributed by atoms with Gasteiger partial charge >= 0.3 is 0 Å². The second kappa shape index (κ2) is 6.41. The number of anilines is 1. The summed E-state index contributed by atoms with van der Waals surface area (Å²) in [5.74, 6) is -0.337.